The van der Waals surface area contributed by atoms with Crippen molar-refractivity contribution in [3.8, 4) is 0 Å². The van der Waals surface area contributed by atoms with E-state index in [0.717, 1.165) is 11.1 Å². The Bertz CT molecular complexity index is 784. The van der Waals surface area contributed by atoms with E-state index in [1.165, 1.54) is 9.80 Å². The maximum Gasteiger partial charge on any atom is 0.326 e. The van der Waals surface area contributed by atoms with Crippen LogP contribution in [0.5, 0.6) is 0 Å². The predicted molar refractivity (Wildman–Crippen MR) is 107 cm³/mol. The average molecular weight is 379 g/mol. The minimum Gasteiger partial charge on any atom is -0.355 e. The summed E-state index contributed by atoms with van der Waals surface area (Å²) < 4.78 is 0. The molecule has 0 bridgehead atoms. The van der Waals surface area contributed by atoms with Gasteiger partial charge in [-0.3, -0.25) is 14.5 Å². The van der Waals surface area contributed by atoms with Gasteiger partial charge in [0.25, 0.3) is 0 Å². The molecule has 0 unspecified atom stereocenters. The highest BCUT2D eigenvalue weighted by Gasteiger charge is 2.32. The monoisotopic (exact) mass is 379 g/mol. The van der Waals surface area contributed by atoms with Crippen molar-refractivity contribution in [2.24, 2.45) is 0 Å². The zero-order valence-electron chi connectivity index (χ0n) is 16.0. The molecule has 4 amide bonds. The minimum atomic E-state index is -0.293. The van der Waals surface area contributed by atoms with E-state index in [2.05, 4.69) is 29.6 Å². The topological polar surface area (TPSA) is 69.7 Å². The molecule has 1 heterocycles. The van der Waals surface area contributed by atoms with Gasteiger partial charge in [0.1, 0.15) is 6.54 Å². The number of carbonyl (C=O) groups excluding carboxylic acids is 3. The molecule has 1 saturated heterocycles. The van der Waals surface area contributed by atoms with Gasteiger partial charge in [0.15, 0.2) is 0 Å². The van der Waals surface area contributed by atoms with E-state index in [0.29, 0.717) is 13.0 Å². The maximum absolute atomic E-state index is 12.3. The van der Waals surface area contributed by atoms with Crippen molar-refractivity contribution >= 4 is 17.8 Å². The zero-order valence-corrected chi connectivity index (χ0v) is 16.0. The molecule has 3 rings (SSSR count). The van der Waals surface area contributed by atoms with Gasteiger partial charge < -0.3 is 10.2 Å². The Morgan fingerprint density at radius 1 is 1.00 bits per heavy atom. The van der Waals surface area contributed by atoms with Gasteiger partial charge in [-0.15, -0.1) is 0 Å². The first-order valence-electron chi connectivity index (χ1n) is 9.48. The second kappa shape index (κ2) is 9.17. The Labute approximate surface area is 165 Å². The number of imide groups is 1. The third kappa shape index (κ3) is 4.76. The lowest BCUT2D eigenvalue weighted by Gasteiger charge is -2.19. The van der Waals surface area contributed by atoms with Gasteiger partial charge in [-0.25, -0.2) is 4.79 Å². The molecular formula is C22H25N3O3. The van der Waals surface area contributed by atoms with Crippen molar-refractivity contribution in [2.75, 3.05) is 26.7 Å². The summed E-state index contributed by atoms with van der Waals surface area (Å²) in [5.74, 6) is -0.216. The van der Waals surface area contributed by atoms with Gasteiger partial charge in [0.05, 0.1) is 0 Å². The molecule has 2 aromatic rings. The molecule has 0 aliphatic carbocycles. The van der Waals surface area contributed by atoms with Crippen LogP contribution < -0.4 is 5.32 Å². The van der Waals surface area contributed by atoms with Crippen LogP contribution in [0.15, 0.2) is 60.7 Å². The number of likely N-dealkylation sites (N-methyl/N-ethyl adjacent to an activating group) is 1. The molecule has 146 valence electrons. The fraction of sp³-hybridized carbons (Fsp3) is 0.318. The van der Waals surface area contributed by atoms with Crippen molar-refractivity contribution in [3.63, 3.8) is 0 Å². The quantitative estimate of drug-likeness (QED) is 0.717. The SMILES string of the molecule is CN1CC(=O)N(CCCC(=O)NCC(c2ccccc2)c2ccccc2)C1=O. The van der Waals surface area contributed by atoms with Crippen LogP contribution in [0.4, 0.5) is 4.79 Å². The molecule has 0 aromatic heterocycles. The number of hydrogen-bond acceptors (Lipinski definition) is 3. The lowest BCUT2D eigenvalue weighted by molar-refractivity contribution is -0.126. The number of amides is 4. The third-order valence-electron chi connectivity index (χ3n) is 4.92. The van der Waals surface area contributed by atoms with Crippen LogP contribution in [0.25, 0.3) is 0 Å². The van der Waals surface area contributed by atoms with E-state index in [1.807, 2.05) is 36.4 Å². The number of hydrogen-bond donors (Lipinski definition) is 1. The van der Waals surface area contributed by atoms with Crippen LogP contribution in [0.1, 0.15) is 29.9 Å². The third-order valence-corrected chi connectivity index (χ3v) is 4.92. The fourth-order valence-electron chi connectivity index (χ4n) is 3.39. The van der Waals surface area contributed by atoms with Gasteiger partial charge in [-0.1, -0.05) is 60.7 Å². The first-order chi connectivity index (χ1) is 13.6. The Kier molecular flexibility index (Phi) is 6.42. The molecule has 1 N–H and O–H groups in total. The van der Waals surface area contributed by atoms with E-state index in [1.54, 1.807) is 7.05 Å². The zero-order chi connectivity index (χ0) is 19.9. The Balaban J connectivity index is 1.53. The van der Waals surface area contributed by atoms with Crippen molar-refractivity contribution in [1.29, 1.82) is 0 Å². The highest BCUT2D eigenvalue weighted by atomic mass is 16.2. The number of nitrogens with zero attached hydrogens (tertiary/aromatic N) is 2. The highest BCUT2D eigenvalue weighted by Crippen LogP contribution is 2.23. The van der Waals surface area contributed by atoms with Gasteiger partial charge in [-0.05, 0) is 17.5 Å². The summed E-state index contributed by atoms with van der Waals surface area (Å²) in [7, 11) is 1.60. The van der Waals surface area contributed by atoms with Gasteiger partial charge >= 0.3 is 6.03 Å². The molecule has 28 heavy (non-hydrogen) atoms. The van der Waals surface area contributed by atoms with E-state index < -0.39 is 0 Å². The molecule has 1 fully saturated rings. The fourth-order valence-corrected chi connectivity index (χ4v) is 3.39. The molecule has 0 saturated carbocycles. The Hall–Kier alpha value is -3.15. The lowest BCUT2D eigenvalue weighted by atomic mass is 9.91. The second-order valence-corrected chi connectivity index (χ2v) is 6.97. The van der Waals surface area contributed by atoms with Gasteiger partial charge in [0, 0.05) is 32.5 Å². The summed E-state index contributed by atoms with van der Waals surface area (Å²) >= 11 is 0. The van der Waals surface area contributed by atoms with E-state index in [9.17, 15) is 14.4 Å². The smallest absolute Gasteiger partial charge is 0.326 e. The van der Waals surface area contributed by atoms with Crippen molar-refractivity contribution in [1.82, 2.24) is 15.1 Å². The highest BCUT2D eigenvalue weighted by molar-refractivity contribution is 6.01. The number of urea groups is 1. The van der Waals surface area contributed by atoms with Crippen LogP contribution in [-0.2, 0) is 9.59 Å². The molecule has 0 radical (unpaired) electrons. The Morgan fingerprint density at radius 3 is 2.07 bits per heavy atom. The molecular weight excluding hydrogens is 354 g/mol. The van der Waals surface area contributed by atoms with Crippen molar-refractivity contribution < 1.29 is 14.4 Å². The van der Waals surface area contributed by atoms with Gasteiger partial charge in [0.2, 0.25) is 11.8 Å². The summed E-state index contributed by atoms with van der Waals surface area (Å²) in [5.41, 5.74) is 2.29. The molecule has 6 heteroatoms. The first kappa shape index (κ1) is 19.6. The van der Waals surface area contributed by atoms with Gasteiger partial charge in [-0.2, -0.15) is 0 Å². The van der Waals surface area contributed by atoms with Crippen molar-refractivity contribution in [2.45, 2.75) is 18.8 Å². The molecule has 6 nitrogen and oxygen atoms in total. The maximum atomic E-state index is 12.3. The first-order valence-corrected chi connectivity index (χ1v) is 9.48. The molecule has 1 aliphatic rings. The van der Waals surface area contributed by atoms with Crippen LogP contribution in [0.3, 0.4) is 0 Å². The molecule has 0 atom stereocenters. The molecule has 0 spiro atoms. The number of rotatable bonds is 8. The number of nitrogens with one attached hydrogen (secondary N) is 1. The molecule has 2 aromatic carbocycles. The summed E-state index contributed by atoms with van der Waals surface area (Å²) in [6, 6.07) is 19.9. The van der Waals surface area contributed by atoms with Crippen LogP contribution >= 0.6 is 0 Å². The summed E-state index contributed by atoms with van der Waals surface area (Å²) in [6.07, 6.45) is 0.732. The van der Waals surface area contributed by atoms with E-state index >= 15 is 0 Å². The normalized spacial score (nSPS) is 14.1. The summed E-state index contributed by atoms with van der Waals surface area (Å²) in [4.78, 5) is 38.5. The van der Waals surface area contributed by atoms with Crippen LogP contribution in [-0.4, -0.2) is 54.3 Å². The lowest BCUT2D eigenvalue weighted by Crippen LogP contribution is -2.34. The number of benzene rings is 2. The largest absolute Gasteiger partial charge is 0.355 e. The average Bonchev–Trinajstić information content (AvgIpc) is 2.96. The summed E-state index contributed by atoms with van der Waals surface area (Å²) in [6.45, 7) is 0.883. The predicted octanol–water partition coefficient (Wildman–Crippen LogP) is 2.61. The van der Waals surface area contributed by atoms with Crippen molar-refractivity contribution in [3.05, 3.63) is 71.8 Å². The van der Waals surface area contributed by atoms with Crippen LogP contribution in [0.2, 0.25) is 0 Å². The standard InChI is InChI=1S/C22H25N3O3/c1-24-16-21(27)25(22(24)28)14-8-13-20(26)23-15-19(17-9-4-2-5-10-17)18-11-6-3-7-12-18/h2-7,9-12,19H,8,13-16H2,1H3,(H,23,26). The van der Waals surface area contributed by atoms with Crippen LogP contribution in [0, 0.1) is 0 Å². The molecule has 1 aliphatic heterocycles. The Morgan fingerprint density at radius 2 is 1.57 bits per heavy atom. The minimum absolute atomic E-state index is 0.0711. The van der Waals surface area contributed by atoms with E-state index in [-0.39, 0.29) is 43.3 Å². The summed E-state index contributed by atoms with van der Waals surface area (Å²) in [5, 5.41) is 3.00. The second-order valence-electron chi connectivity index (χ2n) is 6.97. The van der Waals surface area contributed by atoms with E-state index in [4.69, 9.17) is 0 Å². The number of carbonyl (C=O) groups is 3.